The Hall–Kier alpha value is -1.08. The van der Waals surface area contributed by atoms with Gasteiger partial charge in [0.15, 0.2) is 0 Å². The van der Waals surface area contributed by atoms with Gasteiger partial charge in [-0.25, -0.2) is 0 Å². The van der Waals surface area contributed by atoms with Gasteiger partial charge in [-0.15, -0.1) is 0 Å². The normalized spacial score (nSPS) is 22.0. The Balaban J connectivity index is 2.35. The molecule has 1 heterocycles. The molecule has 1 aliphatic heterocycles. The van der Waals surface area contributed by atoms with Gasteiger partial charge in [-0.05, 0) is 32.2 Å². The van der Waals surface area contributed by atoms with Crippen LogP contribution in [0.3, 0.4) is 0 Å². The number of nitrogens with one attached hydrogen (secondary N) is 1. The van der Waals surface area contributed by atoms with E-state index in [1.165, 1.54) is 0 Å². The molecule has 0 radical (unpaired) electrons. The molecule has 1 atom stereocenters. The molecule has 84 valence electrons. The number of carbonyl (C=O) groups is 1. The molecule has 0 saturated carbocycles. The van der Waals surface area contributed by atoms with Crippen molar-refractivity contribution < 1.29 is 4.79 Å². The molecule has 1 amide bonds. The van der Waals surface area contributed by atoms with E-state index in [4.69, 9.17) is 5.26 Å². The number of likely N-dealkylation sites (tertiary alicyclic amines) is 1. The number of piperidine rings is 1. The summed E-state index contributed by atoms with van der Waals surface area (Å²) in [5.41, 5.74) is 0. The third-order valence-corrected chi connectivity index (χ3v) is 2.68. The predicted molar refractivity (Wildman–Crippen MR) is 58.1 cm³/mol. The third kappa shape index (κ3) is 3.88. The van der Waals surface area contributed by atoms with Gasteiger partial charge in [-0.1, -0.05) is 6.92 Å². The first kappa shape index (κ1) is 12.0. The fraction of sp³-hybridized carbons (Fsp3) is 0.818. The first-order chi connectivity index (χ1) is 7.27. The van der Waals surface area contributed by atoms with Crippen molar-refractivity contribution in [1.82, 2.24) is 10.2 Å². The molecule has 1 unspecified atom stereocenters. The maximum atomic E-state index is 11.5. The molecule has 1 aliphatic rings. The Morgan fingerprint density at radius 3 is 3.07 bits per heavy atom. The lowest BCUT2D eigenvalue weighted by atomic mass is 10.0. The van der Waals surface area contributed by atoms with Crippen LogP contribution in [0.25, 0.3) is 0 Å². The number of carbonyl (C=O) groups excluding carboxylic acids is 1. The molecule has 15 heavy (non-hydrogen) atoms. The number of nitriles is 1. The van der Waals surface area contributed by atoms with Crippen molar-refractivity contribution >= 4 is 5.91 Å². The SMILES string of the molecule is CCCNC(=O)CN1CCCCC1C#N. The Kier molecular flexibility index (Phi) is 5.13. The van der Waals surface area contributed by atoms with Gasteiger partial charge in [0, 0.05) is 6.54 Å². The highest BCUT2D eigenvalue weighted by atomic mass is 16.2. The van der Waals surface area contributed by atoms with E-state index in [0.29, 0.717) is 6.54 Å². The molecule has 0 bridgehead atoms. The lowest BCUT2D eigenvalue weighted by molar-refractivity contribution is -0.122. The molecule has 0 aliphatic carbocycles. The predicted octanol–water partition coefficient (Wildman–Crippen LogP) is 0.891. The molecule has 1 rings (SSSR count). The van der Waals surface area contributed by atoms with Crippen molar-refractivity contribution in [3.63, 3.8) is 0 Å². The summed E-state index contributed by atoms with van der Waals surface area (Å²) >= 11 is 0. The Morgan fingerprint density at radius 1 is 1.60 bits per heavy atom. The molecule has 0 aromatic heterocycles. The molecule has 0 spiro atoms. The van der Waals surface area contributed by atoms with E-state index in [1.54, 1.807) is 0 Å². The fourth-order valence-electron chi connectivity index (χ4n) is 1.83. The van der Waals surface area contributed by atoms with Crippen molar-refractivity contribution in [3.05, 3.63) is 0 Å². The second kappa shape index (κ2) is 6.41. The van der Waals surface area contributed by atoms with Crippen LogP contribution in [0.5, 0.6) is 0 Å². The molecule has 0 aromatic rings. The first-order valence-corrected chi connectivity index (χ1v) is 5.68. The minimum absolute atomic E-state index is 0.0407. The maximum Gasteiger partial charge on any atom is 0.234 e. The molecule has 0 aromatic carbocycles. The lowest BCUT2D eigenvalue weighted by Gasteiger charge is -2.30. The van der Waals surface area contributed by atoms with Crippen LogP contribution < -0.4 is 5.32 Å². The van der Waals surface area contributed by atoms with E-state index in [0.717, 1.165) is 38.8 Å². The van der Waals surface area contributed by atoms with Crippen LogP contribution in [0.2, 0.25) is 0 Å². The van der Waals surface area contributed by atoms with Gasteiger partial charge in [0.25, 0.3) is 0 Å². The van der Waals surface area contributed by atoms with Crippen molar-refractivity contribution in [2.45, 2.75) is 38.6 Å². The zero-order valence-electron chi connectivity index (χ0n) is 9.33. The van der Waals surface area contributed by atoms with E-state index in [9.17, 15) is 4.79 Å². The van der Waals surface area contributed by atoms with Gasteiger partial charge in [0.05, 0.1) is 18.7 Å². The molecular weight excluding hydrogens is 190 g/mol. The van der Waals surface area contributed by atoms with Crippen molar-refractivity contribution in [2.24, 2.45) is 0 Å². The third-order valence-electron chi connectivity index (χ3n) is 2.68. The van der Waals surface area contributed by atoms with Crippen LogP contribution in [-0.4, -0.2) is 36.5 Å². The van der Waals surface area contributed by atoms with Crippen LogP contribution in [0.15, 0.2) is 0 Å². The highest BCUT2D eigenvalue weighted by Gasteiger charge is 2.23. The van der Waals surface area contributed by atoms with Gasteiger partial charge >= 0.3 is 0 Å². The quantitative estimate of drug-likeness (QED) is 0.748. The van der Waals surface area contributed by atoms with Gasteiger partial charge in [0.1, 0.15) is 0 Å². The zero-order valence-corrected chi connectivity index (χ0v) is 9.33. The van der Waals surface area contributed by atoms with E-state index in [1.807, 2.05) is 11.8 Å². The van der Waals surface area contributed by atoms with Crippen LogP contribution in [-0.2, 0) is 4.79 Å². The summed E-state index contributed by atoms with van der Waals surface area (Å²) < 4.78 is 0. The second-order valence-electron chi connectivity index (χ2n) is 3.96. The minimum Gasteiger partial charge on any atom is -0.355 e. The van der Waals surface area contributed by atoms with E-state index in [-0.39, 0.29) is 11.9 Å². The smallest absolute Gasteiger partial charge is 0.234 e. The number of nitrogens with zero attached hydrogens (tertiary/aromatic N) is 2. The largest absolute Gasteiger partial charge is 0.355 e. The number of hydrogen-bond donors (Lipinski definition) is 1. The van der Waals surface area contributed by atoms with Crippen LogP contribution >= 0.6 is 0 Å². The zero-order chi connectivity index (χ0) is 11.1. The summed E-state index contributed by atoms with van der Waals surface area (Å²) in [5, 5.41) is 11.8. The van der Waals surface area contributed by atoms with Crippen molar-refractivity contribution in [1.29, 1.82) is 5.26 Å². The highest BCUT2D eigenvalue weighted by molar-refractivity contribution is 5.78. The summed E-state index contributed by atoms with van der Waals surface area (Å²) in [5.74, 6) is 0.0407. The molecule has 4 heteroatoms. The van der Waals surface area contributed by atoms with Crippen LogP contribution in [0, 0.1) is 11.3 Å². The van der Waals surface area contributed by atoms with Gasteiger partial charge in [-0.3, -0.25) is 9.69 Å². The molecule has 4 nitrogen and oxygen atoms in total. The minimum atomic E-state index is -0.0638. The number of rotatable bonds is 4. The first-order valence-electron chi connectivity index (χ1n) is 5.68. The van der Waals surface area contributed by atoms with Gasteiger partial charge < -0.3 is 5.32 Å². The topological polar surface area (TPSA) is 56.1 Å². The van der Waals surface area contributed by atoms with E-state index in [2.05, 4.69) is 11.4 Å². The number of hydrogen-bond acceptors (Lipinski definition) is 3. The Bertz CT molecular complexity index is 247. The van der Waals surface area contributed by atoms with Crippen molar-refractivity contribution in [2.75, 3.05) is 19.6 Å². The highest BCUT2D eigenvalue weighted by Crippen LogP contribution is 2.15. The fourth-order valence-corrected chi connectivity index (χ4v) is 1.83. The molecule has 1 fully saturated rings. The summed E-state index contributed by atoms with van der Waals surface area (Å²) in [6.07, 6.45) is 4.05. The lowest BCUT2D eigenvalue weighted by Crippen LogP contribution is -2.45. The second-order valence-corrected chi connectivity index (χ2v) is 3.96. The molecular formula is C11H19N3O. The maximum absolute atomic E-state index is 11.5. The number of amides is 1. The Labute approximate surface area is 91.2 Å². The summed E-state index contributed by atoms with van der Waals surface area (Å²) in [6.45, 7) is 4.00. The summed E-state index contributed by atoms with van der Waals surface area (Å²) in [7, 11) is 0. The summed E-state index contributed by atoms with van der Waals surface area (Å²) in [6, 6.07) is 2.20. The van der Waals surface area contributed by atoms with Crippen molar-refractivity contribution in [3.8, 4) is 6.07 Å². The molecule has 1 N–H and O–H groups in total. The average Bonchev–Trinajstić information content (AvgIpc) is 2.27. The van der Waals surface area contributed by atoms with Crippen LogP contribution in [0.1, 0.15) is 32.6 Å². The Morgan fingerprint density at radius 2 is 2.40 bits per heavy atom. The standard InChI is InChI=1S/C11H19N3O/c1-2-6-13-11(15)9-14-7-4-3-5-10(14)8-12/h10H,2-7,9H2,1H3,(H,13,15). The van der Waals surface area contributed by atoms with E-state index >= 15 is 0 Å². The summed E-state index contributed by atoms with van der Waals surface area (Å²) in [4.78, 5) is 13.5. The van der Waals surface area contributed by atoms with Crippen LogP contribution in [0.4, 0.5) is 0 Å². The van der Waals surface area contributed by atoms with E-state index < -0.39 is 0 Å². The van der Waals surface area contributed by atoms with Gasteiger partial charge in [-0.2, -0.15) is 5.26 Å². The van der Waals surface area contributed by atoms with Gasteiger partial charge in [0.2, 0.25) is 5.91 Å². The monoisotopic (exact) mass is 209 g/mol. The molecule has 1 saturated heterocycles. The average molecular weight is 209 g/mol.